The number of ether oxygens (including phenoxy) is 2. The Hall–Kier alpha value is -0.940. The predicted octanol–water partition coefficient (Wildman–Crippen LogP) is 5.36. The van der Waals surface area contributed by atoms with Crippen LogP contribution < -0.4 is 0 Å². The Morgan fingerprint density at radius 2 is 1.61 bits per heavy atom. The molecule has 28 heavy (non-hydrogen) atoms. The summed E-state index contributed by atoms with van der Waals surface area (Å²) in [5.41, 5.74) is 1.01. The number of nitrogens with zero attached hydrogens (tertiary/aromatic N) is 1. The molecule has 2 aliphatic heterocycles. The van der Waals surface area contributed by atoms with Crippen LogP contribution in [0.2, 0.25) is 0 Å². The normalized spacial score (nSPS) is 41.6. The van der Waals surface area contributed by atoms with Crippen LogP contribution in [-0.2, 0) is 20.7 Å². The molecule has 5 atom stereocenters. The number of rotatable bonds is 6. The standard InChI is InChI=1S/C24H39NO3/c1-8-22(6)17-24(27-18(3)19(4)28-24)20(5)23(7,9-2)25(22)26-16-15-21-13-11-10-12-14-21/h10-14,18-20H,8-9,15-17H2,1-7H3. The summed E-state index contributed by atoms with van der Waals surface area (Å²) in [6.07, 6.45) is 3.94. The monoisotopic (exact) mass is 389 g/mol. The molecule has 4 heteroatoms. The van der Waals surface area contributed by atoms with Gasteiger partial charge in [-0.05, 0) is 52.5 Å². The zero-order valence-electron chi connectivity index (χ0n) is 18.8. The number of piperidine rings is 1. The van der Waals surface area contributed by atoms with E-state index in [1.54, 1.807) is 0 Å². The van der Waals surface area contributed by atoms with E-state index in [-0.39, 0.29) is 29.2 Å². The lowest BCUT2D eigenvalue weighted by molar-refractivity contribution is -0.369. The van der Waals surface area contributed by atoms with E-state index in [1.165, 1.54) is 5.56 Å². The average molecular weight is 390 g/mol. The fraction of sp³-hybridized carbons (Fsp3) is 0.750. The molecule has 2 fully saturated rings. The molecular weight excluding hydrogens is 350 g/mol. The summed E-state index contributed by atoms with van der Waals surface area (Å²) in [5.74, 6) is -0.332. The molecule has 0 amide bonds. The molecule has 2 saturated heterocycles. The fourth-order valence-corrected chi connectivity index (χ4v) is 5.08. The van der Waals surface area contributed by atoms with E-state index in [4.69, 9.17) is 14.3 Å². The summed E-state index contributed by atoms with van der Waals surface area (Å²) in [6.45, 7) is 16.3. The summed E-state index contributed by atoms with van der Waals surface area (Å²) in [7, 11) is 0. The molecule has 2 aliphatic rings. The minimum absolute atomic E-state index is 0.121. The summed E-state index contributed by atoms with van der Waals surface area (Å²) in [5, 5.41) is 2.30. The Kier molecular flexibility index (Phi) is 6.26. The smallest absolute Gasteiger partial charge is 0.175 e. The Morgan fingerprint density at radius 3 is 2.14 bits per heavy atom. The lowest BCUT2D eigenvalue weighted by Crippen LogP contribution is -2.71. The lowest BCUT2D eigenvalue weighted by Gasteiger charge is -2.61. The summed E-state index contributed by atoms with van der Waals surface area (Å²) < 4.78 is 13.1. The van der Waals surface area contributed by atoms with E-state index in [9.17, 15) is 0 Å². The van der Waals surface area contributed by atoms with Crippen LogP contribution in [-0.4, -0.2) is 40.7 Å². The van der Waals surface area contributed by atoms with Crippen LogP contribution in [0.15, 0.2) is 30.3 Å². The van der Waals surface area contributed by atoms with Gasteiger partial charge >= 0.3 is 0 Å². The van der Waals surface area contributed by atoms with Gasteiger partial charge in [0.05, 0.1) is 24.4 Å². The fourth-order valence-electron chi connectivity index (χ4n) is 5.08. The van der Waals surface area contributed by atoms with Crippen LogP contribution in [0.3, 0.4) is 0 Å². The third kappa shape index (κ3) is 3.65. The van der Waals surface area contributed by atoms with Crippen LogP contribution in [0.4, 0.5) is 0 Å². The van der Waals surface area contributed by atoms with Crippen LogP contribution in [0, 0.1) is 5.92 Å². The predicted molar refractivity (Wildman–Crippen MR) is 113 cm³/mol. The maximum Gasteiger partial charge on any atom is 0.175 e. The molecule has 158 valence electrons. The maximum atomic E-state index is 6.55. The molecule has 5 unspecified atom stereocenters. The van der Waals surface area contributed by atoms with E-state index >= 15 is 0 Å². The second-order valence-electron chi connectivity index (χ2n) is 9.28. The quantitative estimate of drug-likeness (QED) is 0.655. The minimum atomic E-state index is -0.534. The van der Waals surface area contributed by atoms with Crippen LogP contribution in [0.1, 0.15) is 73.3 Å². The molecular formula is C24H39NO3. The molecule has 1 spiro atoms. The topological polar surface area (TPSA) is 30.9 Å². The van der Waals surface area contributed by atoms with Crippen molar-refractivity contribution in [3.63, 3.8) is 0 Å². The zero-order chi connectivity index (χ0) is 20.6. The van der Waals surface area contributed by atoms with Gasteiger partial charge in [0, 0.05) is 17.9 Å². The highest BCUT2D eigenvalue weighted by molar-refractivity contribution is 5.15. The highest BCUT2D eigenvalue weighted by Crippen LogP contribution is 2.55. The Balaban J connectivity index is 1.84. The first-order chi connectivity index (χ1) is 13.2. The first kappa shape index (κ1) is 21.8. The first-order valence-corrected chi connectivity index (χ1v) is 11.0. The van der Waals surface area contributed by atoms with Gasteiger partial charge in [0.1, 0.15) is 0 Å². The van der Waals surface area contributed by atoms with E-state index in [0.29, 0.717) is 6.61 Å². The van der Waals surface area contributed by atoms with Crippen molar-refractivity contribution in [1.82, 2.24) is 5.06 Å². The molecule has 4 nitrogen and oxygen atoms in total. The Morgan fingerprint density at radius 1 is 1.00 bits per heavy atom. The molecule has 0 N–H and O–H groups in total. The molecule has 0 aliphatic carbocycles. The molecule has 0 saturated carbocycles. The van der Waals surface area contributed by atoms with Crippen molar-refractivity contribution in [2.75, 3.05) is 6.61 Å². The molecule has 0 aromatic heterocycles. The molecule has 0 radical (unpaired) electrons. The lowest BCUT2D eigenvalue weighted by atomic mass is 9.67. The minimum Gasteiger partial charge on any atom is -0.344 e. The average Bonchev–Trinajstić information content (AvgIpc) is 2.97. The Labute approximate surface area is 171 Å². The van der Waals surface area contributed by atoms with Gasteiger partial charge < -0.3 is 9.47 Å². The largest absolute Gasteiger partial charge is 0.344 e. The van der Waals surface area contributed by atoms with Crippen molar-refractivity contribution in [3.8, 4) is 0 Å². The van der Waals surface area contributed by atoms with Crippen molar-refractivity contribution < 1.29 is 14.3 Å². The molecule has 1 aromatic rings. The van der Waals surface area contributed by atoms with E-state index in [1.807, 2.05) is 0 Å². The van der Waals surface area contributed by atoms with Crippen molar-refractivity contribution in [3.05, 3.63) is 35.9 Å². The second-order valence-corrected chi connectivity index (χ2v) is 9.28. The summed E-state index contributed by atoms with van der Waals surface area (Å²) in [4.78, 5) is 6.55. The maximum absolute atomic E-state index is 6.55. The summed E-state index contributed by atoms with van der Waals surface area (Å²) >= 11 is 0. The van der Waals surface area contributed by atoms with Crippen LogP contribution >= 0.6 is 0 Å². The van der Waals surface area contributed by atoms with E-state index in [2.05, 4.69) is 83.9 Å². The van der Waals surface area contributed by atoms with Gasteiger partial charge in [0.25, 0.3) is 0 Å². The molecule has 2 heterocycles. The SMILES string of the molecule is CCC1(C)CC2(OC(C)C(C)O2)C(C)C(C)(CC)N1OCCc1ccccc1. The van der Waals surface area contributed by atoms with E-state index in [0.717, 1.165) is 25.7 Å². The third-order valence-corrected chi connectivity index (χ3v) is 7.54. The Bertz CT molecular complexity index is 641. The number of hydrogen-bond acceptors (Lipinski definition) is 4. The number of hydrogen-bond donors (Lipinski definition) is 0. The van der Waals surface area contributed by atoms with Gasteiger partial charge in [-0.3, -0.25) is 4.84 Å². The number of hydroxylamine groups is 2. The van der Waals surface area contributed by atoms with Gasteiger partial charge in [0.2, 0.25) is 0 Å². The van der Waals surface area contributed by atoms with Gasteiger partial charge in [-0.2, -0.15) is 5.06 Å². The van der Waals surface area contributed by atoms with Crippen molar-refractivity contribution >= 4 is 0 Å². The molecule has 1 aromatic carbocycles. The van der Waals surface area contributed by atoms with Crippen molar-refractivity contribution in [2.45, 2.75) is 103 Å². The van der Waals surface area contributed by atoms with Crippen LogP contribution in [0.25, 0.3) is 0 Å². The number of benzene rings is 1. The zero-order valence-corrected chi connectivity index (χ0v) is 18.8. The van der Waals surface area contributed by atoms with Gasteiger partial charge in [-0.1, -0.05) is 51.1 Å². The summed E-state index contributed by atoms with van der Waals surface area (Å²) in [6, 6.07) is 10.6. The van der Waals surface area contributed by atoms with Gasteiger partial charge in [-0.15, -0.1) is 0 Å². The third-order valence-electron chi connectivity index (χ3n) is 7.54. The van der Waals surface area contributed by atoms with Crippen molar-refractivity contribution in [2.24, 2.45) is 5.92 Å². The van der Waals surface area contributed by atoms with Gasteiger partial charge in [0.15, 0.2) is 5.79 Å². The van der Waals surface area contributed by atoms with Crippen molar-refractivity contribution in [1.29, 1.82) is 0 Å². The highest BCUT2D eigenvalue weighted by atomic mass is 16.8. The molecule has 3 rings (SSSR count). The second kappa shape index (κ2) is 8.06. The molecule has 0 bridgehead atoms. The van der Waals surface area contributed by atoms with Crippen LogP contribution in [0.5, 0.6) is 0 Å². The highest BCUT2D eigenvalue weighted by Gasteiger charge is 2.64. The van der Waals surface area contributed by atoms with E-state index < -0.39 is 5.79 Å². The first-order valence-electron chi connectivity index (χ1n) is 11.0. The van der Waals surface area contributed by atoms with Gasteiger partial charge in [-0.25, -0.2) is 0 Å².